The van der Waals surface area contributed by atoms with Crippen LogP contribution in [0.25, 0.3) is 21.9 Å². The molecule has 0 amide bonds. The number of ether oxygens (including phenoxy) is 1. The lowest BCUT2D eigenvalue weighted by atomic mass is 9.93. The molecule has 4 rings (SSSR count). The van der Waals surface area contributed by atoms with Crippen molar-refractivity contribution in [2.24, 2.45) is 5.73 Å². The molecule has 3 aromatic carbocycles. The molecule has 1 atom stereocenters. The zero-order chi connectivity index (χ0) is 25.1. The molecule has 0 aliphatic rings. The second-order valence-electron chi connectivity index (χ2n) is 8.48. The Morgan fingerprint density at radius 1 is 0.943 bits per heavy atom. The standard InChI is InChI=1S/C25H26NO8P/c26-25(15-27,16-33-35(29,30)31)11-10-17-6-8-20-22(12-17)34-23-13-19(7-9-21(23)24(20)28)32-14-18-4-2-1-3-5-18/h1-9,12-13,27H,10-11,14-16,26H2,(H2,29,30,31). The summed E-state index contributed by atoms with van der Waals surface area (Å²) >= 11 is 0. The first-order valence-electron chi connectivity index (χ1n) is 10.9. The van der Waals surface area contributed by atoms with Crippen molar-refractivity contribution in [2.45, 2.75) is 25.0 Å². The van der Waals surface area contributed by atoms with Crippen LogP contribution >= 0.6 is 7.82 Å². The minimum Gasteiger partial charge on any atom is -0.489 e. The molecule has 0 spiro atoms. The molecule has 0 aliphatic heterocycles. The summed E-state index contributed by atoms with van der Waals surface area (Å²) in [5.74, 6) is 0.570. The van der Waals surface area contributed by atoms with Crippen molar-refractivity contribution in [3.8, 4) is 5.75 Å². The van der Waals surface area contributed by atoms with Crippen LogP contribution in [-0.2, 0) is 22.1 Å². The number of hydrogen-bond acceptors (Lipinski definition) is 7. The topological polar surface area (TPSA) is 152 Å². The number of hydrogen-bond donors (Lipinski definition) is 4. The van der Waals surface area contributed by atoms with Crippen molar-refractivity contribution < 1.29 is 33.1 Å². The molecule has 184 valence electrons. The van der Waals surface area contributed by atoms with E-state index in [1.807, 2.05) is 30.3 Å². The van der Waals surface area contributed by atoms with Gasteiger partial charge in [-0.25, -0.2) is 4.57 Å². The molecule has 35 heavy (non-hydrogen) atoms. The fourth-order valence-electron chi connectivity index (χ4n) is 3.67. The fraction of sp³-hybridized carbons (Fsp3) is 0.240. The van der Waals surface area contributed by atoms with Gasteiger partial charge >= 0.3 is 7.82 Å². The highest BCUT2D eigenvalue weighted by Gasteiger charge is 2.28. The van der Waals surface area contributed by atoms with Crippen LogP contribution in [0.3, 0.4) is 0 Å². The summed E-state index contributed by atoms with van der Waals surface area (Å²) in [7, 11) is -4.71. The van der Waals surface area contributed by atoms with E-state index in [2.05, 4.69) is 4.52 Å². The molecule has 0 radical (unpaired) electrons. The Bertz CT molecular complexity index is 1430. The van der Waals surface area contributed by atoms with Crippen LogP contribution in [0, 0.1) is 0 Å². The minimum atomic E-state index is -4.71. The third kappa shape index (κ3) is 6.35. The molecule has 0 saturated carbocycles. The lowest BCUT2D eigenvalue weighted by molar-refractivity contribution is 0.102. The molecule has 9 nitrogen and oxygen atoms in total. The van der Waals surface area contributed by atoms with Crippen LogP contribution in [0.15, 0.2) is 75.9 Å². The van der Waals surface area contributed by atoms with E-state index in [9.17, 15) is 14.5 Å². The van der Waals surface area contributed by atoms with E-state index in [0.29, 0.717) is 40.7 Å². The number of rotatable bonds is 10. The Labute approximate surface area is 201 Å². The van der Waals surface area contributed by atoms with Gasteiger partial charge in [0.15, 0.2) is 0 Å². The van der Waals surface area contributed by atoms with E-state index >= 15 is 0 Å². The van der Waals surface area contributed by atoms with E-state index in [4.69, 9.17) is 24.7 Å². The SMILES string of the molecule is NC(CO)(CCc1ccc2c(=O)c3ccc(OCc4ccccc4)cc3oc2c1)COP(=O)(O)O. The van der Waals surface area contributed by atoms with Gasteiger partial charge in [0, 0.05) is 6.07 Å². The van der Waals surface area contributed by atoms with E-state index < -0.39 is 26.6 Å². The monoisotopic (exact) mass is 499 g/mol. The normalized spacial score (nSPS) is 13.7. The van der Waals surface area contributed by atoms with Crippen LogP contribution in [0.2, 0.25) is 0 Å². The van der Waals surface area contributed by atoms with E-state index in [-0.39, 0.29) is 11.8 Å². The zero-order valence-electron chi connectivity index (χ0n) is 18.8. The Morgan fingerprint density at radius 3 is 2.31 bits per heavy atom. The number of nitrogens with two attached hydrogens (primary N) is 1. The number of aryl methyl sites for hydroxylation is 1. The second kappa shape index (κ2) is 10.3. The molecule has 0 saturated heterocycles. The molecule has 10 heteroatoms. The molecule has 1 aromatic heterocycles. The predicted octanol–water partition coefficient (Wildman–Crippen LogP) is 3.26. The molecular formula is C25H26NO8P. The molecule has 5 N–H and O–H groups in total. The van der Waals surface area contributed by atoms with Gasteiger partial charge in [-0.1, -0.05) is 36.4 Å². The smallest absolute Gasteiger partial charge is 0.469 e. The average molecular weight is 499 g/mol. The molecule has 4 aromatic rings. The van der Waals surface area contributed by atoms with Crippen molar-refractivity contribution in [1.82, 2.24) is 0 Å². The Kier molecular flexibility index (Phi) is 7.37. The van der Waals surface area contributed by atoms with Crippen molar-refractivity contribution >= 4 is 29.8 Å². The molecule has 1 heterocycles. The molecular weight excluding hydrogens is 473 g/mol. The maximum absolute atomic E-state index is 13.0. The fourth-order valence-corrected chi connectivity index (χ4v) is 4.09. The molecule has 0 fully saturated rings. The highest BCUT2D eigenvalue weighted by Crippen LogP contribution is 2.37. The van der Waals surface area contributed by atoms with Gasteiger partial charge in [-0.05, 0) is 48.2 Å². The second-order valence-corrected chi connectivity index (χ2v) is 9.72. The number of aliphatic hydroxyl groups is 1. The zero-order valence-corrected chi connectivity index (χ0v) is 19.7. The molecule has 1 unspecified atom stereocenters. The van der Waals surface area contributed by atoms with Crippen molar-refractivity contribution in [3.63, 3.8) is 0 Å². The van der Waals surface area contributed by atoms with E-state index in [1.54, 1.807) is 36.4 Å². The van der Waals surface area contributed by atoms with E-state index in [0.717, 1.165) is 11.1 Å². The first-order valence-corrected chi connectivity index (χ1v) is 12.4. The largest absolute Gasteiger partial charge is 0.489 e. The number of fused-ring (bicyclic) bond motifs is 2. The Morgan fingerprint density at radius 2 is 1.63 bits per heavy atom. The number of phosphoric ester groups is 1. The summed E-state index contributed by atoms with van der Waals surface area (Å²) in [6.45, 7) is -0.648. The number of aliphatic hydroxyl groups excluding tert-OH is 1. The van der Waals surface area contributed by atoms with Gasteiger partial charge in [0.1, 0.15) is 23.5 Å². The number of benzene rings is 3. The van der Waals surface area contributed by atoms with Gasteiger partial charge in [-0.3, -0.25) is 9.32 Å². The average Bonchev–Trinajstić information content (AvgIpc) is 2.85. The van der Waals surface area contributed by atoms with Crippen molar-refractivity contribution in [1.29, 1.82) is 0 Å². The summed E-state index contributed by atoms with van der Waals surface area (Å²) in [5, 5.41) is 10.5. The first-order chi connectivity index (χ1) is 16.7. The Balaban J connectivity index is 1.55. The van der Waals surface area contributed by atoms with Gasteiger partial charge in [0.25, 0.3) is 0 Å². The Hall–Kier alpha value is -3.04. The first kappa shape index (κ1) is 25.1. The van der Waals surface area contributed by atoms with Crippen LogP contribution in [-0.4, -0.2) is 33.6 Å². The van der Waals surface area contributed by atoms with E-state index in [1.165, 1.54) is 0 Å². The highest BCUT2D eigenvalue weighted by molar-refractivity contribution is 7.46. The summed E-state index contributed by atoms with van der Waals surface area (Å²) in [5.41, 5.74) is 7.11. The van der Waals surface area contributed by atoms with Gasteiger partial charge in [-0.2, -0.15) is 0 Å². The maximum atomic E-state index is 13.0. The number of phosphoric acid groups is 1. The minimum absolute atomic E-state index is 0.166. The highest BCUT2D eigenvalue weighted by atomic mass is 31.2. The van der Waals surface area contributed by atoms with Crippen molar-refractivity contribution in [3.05, 3.63) is 88.1 Å². The molecule has 0 aliphatic carbocycles. The van der Waals surface area contributed by atoms with Gasteiger partial charge in [0.05, 0.1) is 29.5 Å². The van der Waals surface area contributed by atoms with Crippen LogP contribution in [0.5, 0.6) is 5.75 Å². The predicted molar refractivity (Wildman–Crippen MR) is 131 cm³/mol. The van der Waals surface area contributed by atoms with Crippen LogP contribution < -0.4 is 15.9 Å². The lowest BCUT2D eigenvalue weighted by Crippen LogP contribution is -2.48. The summed E-state index contributed by atoms with van der Waals surface area (Å²) in [6.07, 6.45) is 0.545. The quantitative estimate of drug-likeness (QED) is 0.190. The lowest BCUT2D eigenvalue weighted by Gasteiger charge is -2.27. The third-order valence-corrected chi connectivity index (χ3v) is 6.17. The van der Waals surface area contributed by atoms with Gasteiger partial charge < -0.3 is 29.8 Å². The maximum Gasteiger partial charge on any atom is 0.469 e. The molecule has 0 bridgehead atoms. The van der Waals surface area contributed by atoms with Gasteiger partial charge in [0.2, 0.25) is 5.43 Å². The summed E-state index contributed by atoms with van der Waals surface area (Å²) in [4.78, 5) is 30.8. The summed E-state index contributed by atoms with van der Waals surface area (Å²) < 4.78 is 27.3. The third-order valence-electron chi connectivity index (χ3n) is 5.70. The summed E-state index contributed by atoms with van der Waals surface area (Å²) in [6, 6.07) is 19.9. The van der Waals surface area contributed by atoms with Crippen molar-refractivity contribution in [2.75, 3.05) is 13.2 Å². The van der Waals surface area contributed by atoms with Gasteiger partial charge in [-0.15, -0.1) is 0 Å². The van der Waals surface area contributed by atoms with Crippen LogP contribution in [0.4, 0.5) is 0 Å². The van der Waals surface area contributed by atoms with Crippen LogP contribution in [0.1, 0.15) is 17.5 Å².